The molecule has 3 nitrogen and oxygen atoms in total. The maximum absolute atomic E-state index is 11.9. The van der Waals surface area contributed by atoms with Gasteiger partial charge < -0.3 is 10.6 Å². The zero-order chi connectivity index (χ0) is 15.4. The van der Waals surface area contributed by atoms with Gasteiger partial charge in [0.05, 0.1) is 22.3 Å². The van der Waals surface area contributed by atoms with Crippen molar-refractivity contribution in [2.24, 2.45) is 0 Å². The van der Waals surface area contributed by atoms with Gasteiger partial charge >= 0.3 is 0 Å². The van der Waals surface area contributed by atoms with Crippen molar-refractivity contribution in [1.82, 2.24) is 0 Å². The third-order valence-electron chi connectivity index (χ3n) is 2.73. The monoisotopic (exact) mass is 342 g/mol. The number of rotatable bonds is 4. The van der Waals surface area contributed by atoms with Gasteiger partial charge in [0, 0.05) is 10.7 Å². The van der Waals surface area contributed by atoms with E-state index in [2.05, 4.69) is 10.6 Å². The minimum absolute atomic E-state index is 0.0506. The number of nitrogens with one attached hydrogen (secondary N) is 2. The van der Waals surface area contributed by atoms with E-state index < -0.39 is 0 Å². The molecule has 2 rings (SSSR count). The first kappa shape index (κ1) is 16.0. The molecule has 0 bridgehead atoms. The SMILES string of the molecule is Cc1cccc(NC(=O)CNc2c(Cl)cc(Cl)cc2Cl)c1. The van der Waals surface area contributed by atoms with Crippen LogP contribution in [0.5, 0.6) is 0 Å². The predicted octanol–water partition coefficient (Wildman–Crippen LogP) is 5.01. The molecule has 0 aliphatic heterocycles. The molecule has 2 N–H and O–H groups in total. The smallest absolute Gasteiger partial charge is 0.243 e. The van der Waals surface area contributed by atoms with E-state index in [1.165, 1.54) is 0 Å². The van der Waals surface area contributed by atoms with E-state index in [1.807, 2.05) is 31.2 Å². The third kappa shape index (κ3) is 4.53. The summed E-state index contributed by atoms with van der Waals surface area (Å²) in [6, 6.07) is 10.7. The summed E-state index contributed by atoms with van der Waals surface area (Å²) in [6.07, 6.45) is 0. The Labute approximate surface area is 138 Å². The molecule has 0 aliphatic carbocycles. The minimum atomic E-state index is -0.192. The predicted molar refractivity (Wildman–Crippen MR) is 89.8 cm³/mol. The van der Waals surface area contributed by atoms with Gasteiger partial charge in [0.1, 0.15) is 0 Å². The standard InChI is InChI=1S/C15H13Cl3N2O/c1-9-3-2-4-11(5-9)20-14(21)8-19-15-12(17)6-10(16)7-13(15)18/h2-7,19H,8H2,1H3,(H,20,21). The van der Waals surface area contributed by atoms with Crippen LogP contribution in [0.2, 0.25) is 15.1 Å². The van der Waals surface area contributed by atoms with Crippen LogP contribution in [0.1, 0.15) is 5.56 Å². The van der Waals surface area contributed by atoms with E-state index in [0.29, 0.717) is 20.8 Å². The summed E-state index contributed by atoms with van der Waals surface area (Å²) in [7, 11) is 0. The average molecular weight is 344 g/mol. The van der Waals surface area contributed by atoms with Crippen LogP contribution in [0.3, 0.4) is 0 Å². The fourth-order valence-electron chi connectivity index (χ4n) is 1.81. The van der Waals surface area contributed by atoms with E-state index in [1.54, 1.807) is 12.1 Å². The Hall–Kier alpha value is -1.42. The van der Waals surface area contributed by atoms with Crippen molar-refractivity contribution in [1.29, 1.82) is 0 Å². The van der Waals surface area contributed by atoms with Crippen molar-refractivity contribution in [3.05, 3.63) is 57.0 Å². The summed E-state index contributed by atoms with van der Waals surface area (Å²) in [5, 5.41) is 6.88. The molecular weight excluding hydrogens is 331 g/mol. The minimum Gasteiger partial charge on any atom is -0.374 e. The number of hydrogen-bond donors (Lipinski definition) is 2. The molecule has 21 heavy (non-hydrogen) atoms. The Balaban J connectivity index is 1.99. The van der Waals surface area contributed by atoms with Crippen LogP contribution < -0.4 is 10.6 Å². The van der Waals surface area contributed by atoms with Crippen LogP contribution >= 0.6 is 34.8 Å². The van der Waals surface area contributed by atoms with Gasteiger partial charge in [-0.1, -0.05) is 46.9 Å². The van der Waals surface area contributed by atoms with Gasteiger partial charge in [-0.05, 0) is 36.8 Å². The Bertz CT molecular complexity index is 651. The molecule has 110 valence electrons. The molecule has 0 aromatic heterocycles. The zero-order valence-corrected chi connectivity index (χ0v) is 13.5. The van der Waals surface area contributed by atoms with Crippen LogP contribution in [-0.2, 0) is 4.79 Å². The third-order valence-corrected chi connectivity index (χ3v) is 3.55. The number of hydrogen-bond acceptors (Lipinski definition) is 2. The summed E-state index contributed by atoms with van der Waals surface area (Å²) in [6.45, 7) is 2.01. The summed E-state index contributed by atoms with van der Waals surface area (Å²) in [4.78, 5) is 11.9. The van der Waals surface area contributed by atoms with Gasteiger partial charge in [-0.2, -0.15) is 0 Å². The number of aryl methyl sites for hydroxylation is 1. The molecule has 2 aromatic rings. The highest BCUT2D eigenvalue weighted by atomic mass is 35.5. The lowest BCUT2D eigenvalue weighted by molar-refractivity contribution is -0.114. The second-order valence-corrected chi connectivity index (χ2v) is 5.77. The molecule has 1 amide bonds. The number of carbonyl (C=O) groups is 1. The highest BCUT2D eigenvalue weighted by Crippen LogP contribution is 2.33. The van der Waals surface area contributed by atoms with Crippen LogP contribution in [0.4, 0.5) is 11.4 Å². The van der Waals surface area contributed by atoms with Gasteiger partial charge in [-0.3, -0.25) is 4.79 Å². The summed E-state index contributed by atoms with van der Waals surface area (Å²) in [5.41, 5.74) is 2.31. The van der Waals surface area contributed by atoms with E-state index >= 15 is 0 Å². The molecule has 0 saturated heterocycles. The number of benzene rings is 2. The lowest BCUT2D eigenvalue weighted by Crippen LogP contribution is -2.22. The highest BCUT2D eigenvalue weighted by Gasteiger charge is 2.09. The fraction of sp³-hybridized carbons (Fsp3) is 0.133. The Kier molecular flexibility index (Phi) is 5.34. The second kappa shape index (κ2) is 7.03. The molecule has 0 heterocycles. The molecule has 6 heteroatoms. The molecule has 2 aromatic carbocycles. The highest BCUT2D eigenvalue weighted by molar-refractivity contribution is 6.41. The summed E-state index contributed by atoms with van der Waals surface area (Å²) in [5.74, 6) is -0.192. The van der Waals surface area contributed by atoms with E-state index in [4.69, 9.17) is 34.8 Å². The summed E-state index contributed by atoms with van der Waals surface area (Å²) < 4.78 is 0. The van der Waals surface area contributed by atoms with Crippen molar-refractivity contribution >= 4 is 52.1 Å². The van der Waals surface area contributed by atoms with Crippen LogP contribution in [0.15, 0.2) is 36.4 Å². The first-order valence-electron chi connectivity index (χ1n) is 6.20. The lowest BCUT2D eigenvalue weighted by Gasteiger charge is -2.11. The average Bonchev–Trinajstić information content (AvgIpc) is 2.37. The van der Waals surface area contributed by atoms with Crippen molar-refractivity contribution in [2.45, 2.75) is 6.92 Å². The van der Waals surface area contributed by atoms with Crippen molar-refractivity contribution in [3.8, 4) is 0 Å². The number of carbonyl (C=O) groups excluding carboxylic acids is 1. The largest absolute Gasteiger partial charge is 0.374 e. The maximum atomic E-state index is 11.9. The molecule has 0 fully saturated rings. The van der Waals surface area contributed by atoms with Gasteiger partial charge in [0.2, 0.25) is 5.91 Å². The van der Waals surface area contributed by atoms with Gasteiger partial charge in [-0.25, -0.2) is 0 Å². The molecule has 0 saturated carbocycles. The molecule has 0 radical (unpaired) electrons. The molecule has 0 unspecified atom stereocenters. The van der Waals surface area contributed by atoms with Gasteiger partial charge in [0.25, 0.3) is 0 Å². The number of anilines is 2. The van der Waals surface area contributed by atoms with Crippen LogP contribution in [0.25, 0.3) is 0 Å². The van der Waals surface area contributed by atoms with Crippen molar-refractivity contribution < 1.29 is 4.79 Å². The van der Waals surface area contributed by atoms with Gasteiger partial charge in [0.15, 0.2) is 0 Å². The topological polar surface area (TPSA) is 41.1 Å². The Morgan fingerprint density at radius 3 is 2.38 bits per heavy atom. The molecule has 0 atom stereocenters. The Morgan fingerprint density at radius 1 is 1.10 bits per heavy atom. The van der Waals surface area contributed by atoms with Crippen molar-refractivity contribution in [2.75, 3.05) is 17.2 Å². The van der Waals surface area contributed by atoms with Gasteiger partial charge in [-0.15, -0.1) is 0 Å². The first-order chi connectivity index (χ1) is 9.95. The van der Waals surface area contributed by atoms with E-state index in [0.717, 1.165) is 11.3 Å². The number of halogens is 3. The van der Waals surface area contributed by atoms with Crippen LogP contribution in [0, 0.1) is 6.92 Å². The number of amides is 1. The van der Waals surface area contributed by atoms with Crippen molar-refractivity contribution in [3.63, 3.8) is 0 Å². The molecule has 0 aliphatic rings. The quantitative estimate of drug-likeness (QED) is 0.819. The summed E-state index contributed by atoms with van der Waals surface area (Å²) >= 11 is 17.9. The fourth-order valence-corrected chi connectivity index (χ4v) is 2.76. The maximum Gasteiger partial charge on any atom is 0.243 e. The lowest BCUT2D eigenvalue weighted by atomic mass is 10.2. The zero-order valence-electron chi connectivity index (χ0n) is 11.2. The normalized spacial score (nSPS) is 10.3. The van der Waals surface area contributed by atoms with E-state index in [9.17, 15) is 4.79 Å². The van der Waals surface area contributed by atoms with Crippen LogP contribution in [-0.4, -0.2) is 12.5 Å². The first-order valence-corrected chi connectivity index (χ1v) is 7.34. The molecule has 0 spiro atoms. The Morgan fingerprint density at radius 2 is 1.76 bits per heavy atom. The molecular formula is C15H13Cl3N2O. The van der Waals surface area contributed by atoms with E-state index in [-0.39, 0.29) is 12.5 Å². The second-order valence-electron chi connectivity index (χ2n) is 4.52.